The van der Waals surface area contributed by atoms with Crippen molar-refractivity contribution in [1.82, 2.24) is 9.78 Å². The van der Waals surface area contributed by atoms with Crippen molar-refractivity contribution in [3.8, 4) is 0 Å². The Balaban J connectivity index is 1.83. The summed E-state index contributed by atoms with van der Waals surface area (Å²) in [6.45, 7) is 3.22. The predicted octanol–water partition coefficient (Wildman–Crippen LogP) is 3.82. The Kier molecular flexibility index (Phi) is 5.21. The number of nitrogens with zero attached hydrogens (tertiary/aromatic N) is 2. The number of benzene rings is 2. The molecule has 2 aromatic carbocycles. The van der Waals surface area contributed by atoms with Crippen molar-refractivity contribution < 1.29 is 18.4 Å². The van der Waals surface area contributed by atoms with Crippen LogP contribution in [-0.4, -0.2) is 21.6 Å². The van der Waals surface area contributed by atoms with Gasteiger partial charge in [-0.15, -0.1) is 0 Å². The average Bonchev–Trinajstić information content (AvgIpc) is 3.03. The Labute approximate surface area is 160 Å². The fourth-order valence-electron chi connectivity index (χ4n) is 2.55. The van der Waals surface area contributed by atoms with Gasteiger partial charge in [0.2, 0.25) is 0 Å². The molecular weight excluding hydrogens is 366 g/mol. The summed E-state index contributed by atoms with van der Waals surface area (Å²) in [6, 6.07) is 8.55. The zero-order valence-electron chi connectivity index (χ0n) is 15.5. The molecule has 0 aliphatic rings. The van der Waals surface area contributed by atoms with Gasteiger partial charge in [-0.3, -0.25) is 14.3 Å². The highest BCUT2D eigenvalue weighted by Gasteiger charge is 2.22. The maximum atomic E-state index is 13.7. The monoisotopic (exact) mass is 384 g/mol. The third-order valence-corrected chi connectivity index (χ3v) is 4.15. The van der Waals surface area contributed by atoms with Crippen LogP contribution in [-0.2, 0) is 7.05 Å². The molecule has 0 saturated carbocycles. The molecular formula is C20H18F2N4O2. The summed E-state index contributed by atoms with van der Waals surface area (Å²) >= 11 is 0. The molecule has 3 rings (SSSR count). The number of halogens is 2. The van der Waals surface area contributed by atoms with Gasteiger partial charge in [-0.1, -0.05) is 12.1 Å². The van der Waals surface area contributed by atoms with Crippen LogP contribution in [0, 0.1) is 25.5 Å². The molecule has 144 valence electrons. The molecule has 2 N–H and O–H groups in total. The van der Waals surface area contributed by atoms with E-state index in [1.54, 1.807) is 33.0 Å². The van der Waals surface area contributed by atoms with Crippen molar-refractivity contribution in [2.75, 3.05) is 10.6 Å². The summed E-state index contributed by atoms with van der Waals surface area (Å²) in [6.07, 6.45) is 1.38. The number of carbonyl (C=O) groups is 2. The van der Waals surface area contributed by atoms with Crippen LogP contribution >= 0.6 is 0 Å². The van der Waals surface area contributed by atoms with Gasteiger partial charge < -0.3 is 10.6 Å². The van der Waals surface area contributed by atoms with E-state index in [0.717, 1.165) is 0 Å². The van der Waals surface area contributed by atoms with Crippen LogP contribution in [0.25, 0.3) is 0 Å². The lowest BCUT2D eigenvalue weighted by Gasteiger charge is -2.08. The van der Waals surface area contributed by atoms with E-state index in [1.807, 2.05) is 0 Å². The van der Waals surface area contributed by atoms with Gasteiger partial charge in [-0.25, -0.2) is 8.78 Å². The molecule has 0 spiro atoms. The Hall–Kier alpha value is -3.55. The average molecular weight is 384 g/mol. The standard InChI is InChI=1S/C20H18F2N4O2/c1-11-4-6-13(8-16(11)21)23-19(27)15-10-26(3)25-18(15)20(28)24-14-7-5-12(2)17(22)9-14/h4-10H,1-3H3,(H,23,27)(H,24,28). The number of rotatable bonds is 4. The van der Waals surface area contributed by atoms with Crippen LogP contribution in [0.5, 0.6) is 0 Å². The highest BCUT2D eigenvalue weighted by atomic mass is 19.1. The van der Waals surface area contributed by atoms with Crippen LogP contribution < -0.4 is 10.6 Å². The molecule has 0 aliphatic heterocycles. The minimum absolute atomic E-state index is 0.00793. The number of aryl methyl sites for hydroxylation is 3. The molecule has 0 atom stereocenters. The summed E-state index contributed by atoms with van der Waals surface area (Å²) in [5.74, 6) is -2.19. The molecule has 3 aromatic rings. The molecule has 0 unspecified atom stereocenters. The lowest BCUT2D eigenvalue weighted by Crippen LogP contribution is -2.20. The molecule has 0 saturated heterocycles. The van der Waals surface area contributed by atoms with Gasteiger partial charge >= 0.3 is 0 Å². The molecule has 28 heavy (non-hydrogen) atoms. The van der Waals surface area contributed by atoms with Crippen molar-refractivity contribution in [1.29, 1.82) is 0 Å². The molecule has 2 amide bonds. The van der Waals surface area contributed by atoms with Gasteiger partial charge in [0.25, 0.3) is 11.8 Å². The topological polar surface area (TPSA) is 76.0 Å². The number of nitrogens with one attached hydrogen (secondary N) is 2. The van der Waals surface area contributed by atoms with Crippen LogP contribution in [0.2, 0.25) is 0 Å². The lowest BCUT2D eigenvalue weighted by molar-refractivity contribution is 0.0988. The maximum Gasteiger partial charge on any atom is 0.276 e. The first-order chi connectivity index (χ1) is 13.2. The molecule has 0 radical (unpaired) electrons. The number of amides is 2. The first-order valence-electron chi connectivity index (χ1n) is 8.43. The Bertz CT molecular complexity index is 993. The largest absolute Gasteiger partial charge is 0.322 e. The molecule has 8 heteroatoms. The number of hydrogen-bond acceptors (Lipinski definition) is 3. The summed E-state index contributed by atoms with van der Waals surface area (Å²) < 4.78 is 28.7. The summed E-state index contributed by atoms with van der Waals surface area (Å²) in [5.41, 5.74) is 1.27. The van der Waals surface area contributed by atoms with E-state index in [-0.39, 0.29) is 22.6 Å². The molecule has 0 aliphatic carbocycles. The zero-order valence-corrected chi connectivity index (χ0v) is 15.5. The van der Waals surface area contributed by atoms with Crippen LogP contribution in [0.3, 0.4) is 0 Å². The van der Waals surface area contributed by atoms with E-state index in [2.05, 4.69) is 15.7 Å². The van der Waals surface area contributed by atoms with E-state index in [9.17, 15) is 18.4 Å². The quantitative estimate of drug-likeness (QED) is 0.718. The van der Waals surface area contributed by atoms with Gasteiger partial charge in [0.05, 0.1) is 5.56 Å². The number of hydrogen-bond donors (Lipinski definition) is 2. The van der Waals surface area contributed by atoms with Crippen molar-refractivity contribution in [2.24, 2.45) is 7.05 Å². The van der Waals surface area contributed by atoms with Crippen LogP contribution in [0.15, 0.2) is 42.6 Å². The first kappa shape index (κ1) is 19.2. The third-order valence-electron chi connectivity index (χ3n) is 4.15. The number of carbonyl (C=O) groups excluding carboxylic acids is 2. The SMILES string of the molecule is Cc1ccc(NC(=O)c2cn(C)nc2C(=O)Nc2ccc(C)c(F)c2)cc1F. The van der Waals surface area contributed by atoms with Crippen molar-refractivity contribution >= 4 is 23.2 Å². The second kappa shape index (κ2) is 7.59. The lowest BCUT2D eigenvalue weighted by atomic mass is 10.1. The Morgan fingerprint density at radius 1 is 0.893 bits per heavy atom. The molecule has 6 nitrogen and oxygen atoms in total. The predicted molar refractivity (Wildman–Crippen MR) is 101 cm³/mol. The molecule has 0 fully saturated rings. The van der Waals surface area contributed by atoms with E-state index < -0.39 is 23.4 Å². The zero-order chi connectivity index (χ0) is 20.4. The summed E-state index contributed by atoms with van der Waals surface area (Å²) in [7, 11) is 1.56. The number of anilines is 2. The van der Waals surface area contributed by atoms with Gasteiger partial charge in [0.1, 0.15) is 11.6 Å². The minimum atomic E-state index is -0.663. The second-order valence-electron chi connectivity index (χ2n) is 6.40. The van der Waals surface area contributed by atoms with Gasteiger partial charge in [-0.05, 0) is 49.2 Å². The number of aromatic nitrogens is 2. The van der Waals surface area contributed by atoms with Crippen molar-refractivity contribution in [3.05, 3.63) is 76.6 Å². The summed E-state index contributed by atoms with van der Waals surface area (Å²) in [5, 5.41) is 9.08. The van der Waals surface area contributed by atoms with Crippen LogP contribution in [0.1, 0.15) is 32.0 Å². The molecule has 1 heterocycles. The minimum Gasteiger partial charge on any atom is -0.322 e. The fourth-order valence-corrected chi connectivity index (χ4v) is 2.55. The first-order valence-corrected chi connectivity index (χ1v) is 8.43. The Morgan fingerprint density at radius 2 is 1.39 bits per heavy atom. The maximum absolute atomic E-state index is 13.7. The highest BCUT2D eigenvalue weighted by molar-refractivity contribution is 6.14. The summed E-state index contributed by atoms with van der Waals surface area (Å²) in [4.78, 5) is 25.1. The van der Waals surface area contributed by atoms with Crippen LogP contribution in [0.4, 0.5) is 20.2 Å². The van der Waals surface area contributed by atoms with Gasteiger partial charge in [-0.2, -0.15) is 5.10 Å². The van der Waals surface area contributed by atoms with E-state index >= 15 is 0 Å². The van der Waals surface area contributed by atoms with Crippen molar-refractivity contribution in [3.63, 3.8) is 0 Å². The van der Waals surface area contributed by atoms with Gasteiger partial charge in [0, 0.05) is 24.6 Å². The van der Waals surface area contributed by atoms with E-state index in [4.69, 9.17) is 0 Å². The molecule has 0 bridgehead atoms. The second-order valence-corrected chi connectivity index (χ2v) is 6.40. The smallest absolute Gasteiger partial charge is 0.276 e. The highest BCUT2D eigenvalue weighted by Crippen LogP contribution is 2.18. The van der Waals surface area contributed by atoms with Gasteiger partial charge in [0.15, 0.2) is 5.69 Å². The van der Waals surface area contributed by atoms with E-state index in [0.29, 0.717) is 11.1 Å². The Morgan fingerprint density at radius 3 is 1.89 bits per heavy atom. The van der Waals surface area contributed by atoms with E-state index in [1.165, 1.54) is 35.1 Å². The fraction of sp³-hybridized carbons (Fsp3) is 0.150. The molecule has 1 aromatic heterocycles. The third kappa shape index (κ3) is 4.06. The normalized spacial score (nSPS) is 10.6. The van der Waals surface area contributed by atoms with Crippen molar-refractivity contribution in [2.45, 2.75) is 13.8 Å².